The molecule has 1 aromatic heterocycles. The van der Waals surface area contributed by atoms with Crippen molar-refractivity contribution in [1.29, 1.82) is 0 Å². The minimum atomic E-state index is -4.40. The van der Waals surface area contributed by atoms with Crippen molar-refractivity contribution in [3.8, 4) is 11.1 Å². The van der Waals surface area contributed by atoms with E-state index in [4.69, 9.17) is 4.74 Å². The molecule has 9 heteroatoms. The highest BCUT2D eigenvalue weighted by atomic mass is 19.4. The van der Waals surface area contributed by atoms with E-state index in [1.54, 1.807) is 31.4 Å². The first-order valence-electron chi connectivity index (χ1n) is 13.1. The quantitative estimate of drug-likeness (QED) is 0.501. The van der Waals surface area contributed by atoms with Gasteiger partial charge in [0.2, 0.25) is 0 Å². The van der Waals surface area contributed by atoms with Crippen LogP contribution >= 0.6 is 0 Å². The Morgan fingerprint density at radius 3 is 2.66 bits per heavy atom. The SMILES string of the molecule is CNC(=O)N[C@@H]1CC[C@@H]2[C@@H](C1)C[C@H]1C(=O)O[C@H](C)[C@H]1[C@H]2/C=C/c1ccc(-c2cccc(C(F)(F)F)c2)cn1. The number of pyridine rings is 1. The van der Waals surface area contributed by atoms with Gasteiger partial charge in [-0.05, 0) is 80.2 Å². The molecule has 1 aliphatic heterocycles. The highest BCUT2D eigenvalue weighted by Crippen LogP contribution is 2.53. The third-order valence-corrected chi connectivity index (χ3v) is 8.51. The molecule has 2 aliphatic carbocycles. The number of hydrogen-bond acceptors (Lipinski definition) is 4. The summed E-state index contributed by atoms with van der Waals surface area (Å²) in [5.74, 6) is 0.603. The number of nitrogens with one attached hydrogen (secondary N) is 2. The number of halogens is 3. The van der Waals surface area contributed by atoms with Crippen molar-refractivity contribution in [2.24, 2.45) is 29.6 Å². The zero-order chi connectivity index (χ0) is 27.0. The van der Waals surface area contributed by atoms with Crippen LogP contribution in [-0.4, -0.2) is 36.2 Å². The number of esters is 1. The van der Waals surface area contributed by atoms with Crippen molar-refractivity contribution in [2.75, 3.05) is 7.05 Å². The van der Waals surface area contributed by atoms with Crippen molar-refractivity contribution in [1.82, 2.24) is 15.6 Å². The Hall–Kier alpha value is -3.36. The second kappa shape index (κ2) is 10.4. The second-order valence-electron chi connectivity index (χ2n) is 10.7. The van der Waals surface area contributed by atoms with E-state index in [1.165, 1.54) is 6.07 Å². The van der Waals surface area contributed by atoms with Gasteiger partial charge < -0.3 is 15.4 Å². The summed E-state index contributed by atoms with van der Waals surface area (Å²) in [5.41, 5.74) is 1.07. The fourth-order valence-electron chi connectivity index (χ4n) is 6.76. The van der Waals surface area contributed by atoms with E-state index >= 15 is 0 Å². The second-order valence-corrected chi connectivity index (χ2v) is 10.7. The van der Waals surface area contributed by atoms with Crippen LogP contribution in [0.15, 0.2) is 48.7 Å². The standard InChI is InChI=1S/C29H32F3N3O3/c1-16-26-24(23-10-9-22(35-28(37)33-2)13-19(23)14-25(26)27(36)38-16)11-8-21-7-6-18(15-34-21)17-4-3-5-20(12-17)29(30,31)32/h3-8,11-12,15-16,19,22-26H,9-10,13-14H2,1-2H3,(H2,33,35,37)/b11-8+/t16-,19+,22-,23-,24+,25-,26+/m1/s1. The van der Waals surface area contributed by atoms with Crippen LogP contribution in [0.2, 0.25) is 0 Å². The topological polar surface area (TPSA) is 80.3 Å². The van der Waals surface area contributed by atoms with E-state index < -0.39 is 11.7 Å². The third-order valence-electron chi connectivity index (χ3n) is 8.51. The smallest absolute Gasteiger partial charge is 0.416 e. The van der Waals surface area contributed by atoms with Crippen LogP contribution < -0.4 is 10.6 Å². The lowest BCUT2D eigenvalue weighted by Crippen LogP contribution is -2.49. The number of alkyl halides is 3. The predicted octanol–water partition coefficient (Wildman–Crippen LogP) is 5.69. The lowest BCUT2D eigenvalue weighted by molar-refractivity contribution is -0.144. The van der Waals surface area contributed by atoms with Gasteiger partial charge in [0.15, 0.2) is 0 Å². The molecule has 3 fully saturated rings. The lowest BCUT2D eigenvalue weighted by Gasteiger charge is -2.47. The lowest BCUT2D eigenvalue weighted by atomic mass is 9.57. The Bertz CT molecular complexity index is 1210. The monoisotopic (exact) mass is 527 g/mol. The predicted molar refractivity (Wildman–Crippen MR) is 137 cm³/mol. The molecule has 202 valence electrons. The number of cyclic esters (lactones) is 1. The van der Waals surface area contributed by atoms with Crippen LogP contribution in [0.3, 0.4) is 0 Å². The maximum absolute atomic E-state index is 13.1. The number of carbonyl (C=O) groups excluding carboxylic acids is 2. The molecule has 0 radical (unpaired) electrons. The Morgan fingerprint density at radius 2 is 1.95 bits per heavy atom. The minimum absolute atomic E-state index is 0.0808. The average Bonchev–Trinajstić information content (AvgIpc) is 3.19. The van der Waals surface area contributed by atoms with E-state index in [9.17, 15) is 22.8 Å². The fraction of sp³-hybridized carbons (Fsp3) is 0.483. The summed E-state index contributed by atoms with van der Waals surface area (Å²) >= 11 is 0. The number of nitrogens with zero attached hydrogens (tertiary/aromatic N) is 1. The van der Waals surface area contributed by atoms with Gasteiger partial charge in [-0.1, -0.05) is 24.3 Å². The van der Waals surface area contributed by atoms with E-state index in [0.29, 0.717) is 28.7 Å². The number of allylic oxidation sites excluding steroid dienone is 1. The van der Waals surface area contributed by atoms with Crippen LogP contribution in [0.1, 0.15) is 43.9 Å². The molecule has 0 unspecified atom stereocenters. The molecular formula is C29H32F3N3O3. The van der Waals surface area contributed by atoms with E-state index in [-0.39, 0.29) is 41.9 Å². The van der Waals surface area contributed by atoms with Gasteiger partial charge in [0.1, 0.15) is 6.10 Å². The first kappa shape index (κ1) is 26.3. The summed E-state index contributed by atoms with van der Waals surface area (Å²) in [5, 5.41) is 5.64. The van der Waals surface area contributed by atoms with Crippen molar-refractivity contribution >= 4 is 18.1 Å². The Labute approximate surface area is 220 Å². The molecule has 2 aromatic rings. The molecule has 6 nitrogen and oxygen atoms in total. The highest BCUT2D eigenvalue weighted by molar-refractivity contribution is 5.76. The van der Waals surface area contributed by atoms with Crippen LogP contribution in [0.5, 0.6) is 0 Å². The van der Waals surface area contributed by atoms with Crippen LogP contribution in [0, 0.1) is 29.6 Å². The largest absolute Gasteiger partial charge is 0.462 e. The molecule has 2 heterocycles. The van der Waals surface area contributed by atoms with Gasteiger partial charge in [-0.3, -0.25) is 9.78 Å². The molecule has 0 bridgehead atoms. The first-order valence-corrected chi connectivity index (χ1v) is 13.1. The zero-order valence-electron chi connectivity index (χ0n) is 21.4. The third kappa shape index (κ3) is 5.28. The highest BCUT2D eigenvalue weighted by Gasteiger charge is 2.54. The molecule has 1 saturated heterocycles. The van der Waals surface area contributed by atoms with Crippen molar-refractivity contribution in [3.63, 3.8) is 0 Å². The summed E-state index contributed by atoms with van der Waals surface area (Å²) in [6.07, 6.45) is 4.54. The van der Waals surface area contributed by atoms with E-state index in [2.05, 4.69) is 21.7 Å². The molecule has 2 N–H and O–H groups in total. The molecule has 0 spiro atoms. The first-order chi connectivity index (χ1) is 18.1. The number of hydrogen-bond donors (Lipinski definition) is 2. The van der Waals surface area contributed by atoms with Gasteiger partial charge in [-0.15, -0.1) is 0 Å². The number of rotatable bonds is 4. The number of urea groups is 1. The summed E-state index contributed by atoms with van der Waals surface area (Å²) < 4.78 is 45.0. The average molecular weight is 528 g/mol. The van der Waals surface area contributed by atoms with Crippen molar-refractivity contribution in [2.45, 2.75) is 50.9 Å². The molecule has 2 amide bonds. The van der Waals surface area contributed by atoms with Gasteiger partial charge >= 0.3 is 18.2 Å². The molecule has 1 aromatic carbocycles. The minimum Gasteiger partial charge on any atom is -0.462 e. The molecular weight excluding hydrogens is 495 g/mol. The Kier molecular flexibility index (Phi) is 7.20. The zero-order valence-corrected chi connectivity index (χ0v) is 21.4. The van der Waals surface area contributed by atoms with E-state index in [1.807, 2.05) is 13.0 Å². The Morgan fingerprint density at radius 1 is 1.13 bits per heavy atom. The number of fused-ring (bicyclic) bond motifs is 2. The number of aromatic nitrogens is 1. The van der Waals surface area contributed by atoms with Gasteiger partial charge in [0.25, 0.3) is 0 Å². The van der Waals surface area contributed by atoms with Crippen molar-refractivity contribution in [3.05, 3.63) is 59.9 Å². The summed E-state index contributed by atoms with van der Waals surface area (Å²) in [6, 6.07) is 8.68. The maximum atomic E-state index is 13.1. The summed E-state index contributed by atoms with van der Waals surface area (Å²) in [6.45, 7) is 1.96. The van der Waals surface area contributed by atoms with Gasteiger partial charge in [0, 0.05) is 30.8 Å². The molecule has 7 atom stereocenters. The fourth-order valence-corrected chi connectivity index (χ4v) is 6.76. The van der Waals surface area contributed by atoms with Crippen LogP contribution in [-0.2, 0) is 15.7 Å². The summed E-state index contributed by atoms with van der Waals surface area (Å²) in [4.78, 5) is 29.0. The summed E-state index contributed by atoms with van der Waals surface area (Å²) in [7, 11) is 1.60. The number of benzene rings is 1. The number of carbonyl (C=O) groups is 2. The van der Waals surface area contributed by atoms with Gasteiger partial charge in [-0.25, -0.2) is 4.79 Å². The van der Waals surface area contributed by atoms with Crippen LogP contribution in [0.25, 0.3) is 17.2 Å². The maximum Gasteiger partial charge on any atom is 0.416 e. The van der Waals surface area contributed by atoms with Crippen LogP contribution in [0.4, 0.5) is 18.0 Å². The number of amides is 2. The van der Waals surface area contributed by atoms with Gasteiger partial charge in [0.05, 0.1) is 17.2 Å². The van der Waals surface area contributed by atoms with Gasteiger partial charge in [-0.2, -0.15) is 13.2 Å². The Balaban J connectivity index is 1.35. The molecule has 2 saturated carbocycles. The van der Waals surface area contributed by atoms with E-state index in [0.717, 1.165) is 37.8 Å². The van der Waals surface area contributed by atoms with Crippen molar-refractivity contribution < 1.29 is 27.5 Å². The molecule has 3 aliphatic rings. The number of ether oxygens (including phenoxy) is 1. The molecule has 38 heavy (non-hydrogen) atoms. The molecule has 5 rings (SSSR count). The normalized spacial score (nSPS) is 30.9.